The van der Waals surface area contributed by atoms with Crippen LogP contribution in [0.15, 0.2) is 57.0 Å². The predicted octanol–water partition coefficient (Wildman–Crippen LogP) is 3.13. The van der Waals surface area contributed by atoms with Crippen LogP contribution in [0.4, 0.5) is 0 Å². The number of halogens is 1. The van der Waals surface area contributed by atoms with Crippen molar-refractivity contribution in [1.29, 1.82) is 0 Å². The van der Waals surface area contributed by atoms with Gasteiger partial charge in [0.05, 0.1) is 12.5 Å². The molecule has 0 saturated heterocycles. The minimum atomic E-state index is -0.475. The second-order valence-electron chi connectivity index (χ2n) is 6.66. The van der Waals surface area contributed by atoms with Crippen molar-refractivity contribution in [2.45, 2.75) is 25.9 Å². The number of hydrogen-bond donors (Lipinski definition) is 1. The molecule has 4 rings (SSSR count). The molecule has 0 radical (unpaired) electrons. The lowest BCUT2D eigenvalue weighted by atomic mass is 10.1. The van der Waals surface area contributed by atoms with Crippen molar-refractivity contribution >= 4 is 44.5 Å². The number of nitrogens with one attached hydrogen (secondary N) is 1. The molecule has 1 atom stereocenters. The van der Waals surface area contributed by atoms with Gasteiger partial charge in [0, 0.05) is 21.0 Å². The number of benzene rings is 2. The Morgan fingerprint density at radius 1 is 1.28 bits per heavy atom. The number of ether oxygens (including phenoxy) is 1. The number of thioether (sulfide) groups is 1. The van der Waals surface area contributed by atoms with E-state index in [1.165, 1.54) is 0 Å². The summed E-state index contributed by atoms with van der Waals surface area (Å²) in [5, 5.41) is 11.6. The zero-order chi connectivity index (χ0) is 20.4. The number of rotatable bonds is 5. The van der Waals surface area contributed by atoms with E-state index < -0.39 is 6.17 Å². The highest BCUT2D eigenvalue weighted by Crippen LogP contribution is 2.36. The van der Waals surface area contributed by atoms with Crippen LogP contribution in [0.5, 0.6) is 5.75 Å². The van der Waals surface area contributed by atoms with Gasteiger partial charge in [-0.15, -0.1) is 5.10 Å². The van der Waals surface area contributed by atoms with Gasteiger partial charge in [0.25, 0.3) is 5.91 Å². The maximum atomic E-state index is 13.1. The molecule has 2 aliphatic heterocycles. The van der Waals surface area contributed by atoms with E-state index in [0.29, 0.717) is 10.9 Å². The molecule has 29 heavy (non-hydrogen) atoms. The highest BCUT2D eigenvalue weighted by molar-refractivity contribution is 9.10. The van der Waals surface area contributed by atoms with Crippen LogP contribution in [-0.4, -0.2) is 28.9 Å². The second-order valence-corrected chi connectivity index (χ2v) is 8.60. The Morgan fingerprint density at radius 3 is 2.90 bits per heavy atom. The van der Waals surface area contributed by atoms with Gasteiger partial charge in [-0.05, 0) is 30.7 Å². The van der Waals surface area contributed by atoms with E-state index in [-0.39, 0.29) is 5.91 Å². The van der Waals surface area contributed by atoms with E-state index in [4.69, 9.17) is 14.8 Å². The monoisotopic (exact) mass is 472 g/mol. The van der Waals surface area contributed by atoms with Gasteiger partial charge in [0.1, 0.15) is 11.4 Å². The first kappa shape index (κ1) is 20.0. The SMILES string of the molecule is CCCCSC1=NN2C(=c3ccccc3=NC2c2cc(OC)ccc2Br)C(=O)N1. The van der Waals surface area contributed by atoms with Crippen LogP contribution in [0.3, 0.4) is 0 Å². The maximum absolute atomic E-state index is 13.1. The van der Waals surface area contributed by atoms with Gasteiger partial charge in [0.2, 0.25) is 0 Å². The largest absolute Gasteiger partial charge is 0.497 e. The highest BCUT2D eigenvalue weighted by Gasteiger charge is 2.35. The number of hydrogen-bond acceptors (Lipinski definition) is 6. The van der Waals surface area contributed by atoms with E-state index in [9.17, 15) is 4.79 Å². The van der Waals surface area contributed by atoms with Gasteiger partial charge < -0.3 is 4.74 Å². The van der Waals surface area contributed by atoms with Gasteiger partial charge in [-0.2, -0.15) is 0 Å². The van der Waals surface area contributed by atoms with Gasteiger partial charge in [-0.25, -0.2) is 5.01 Å². The quantitative estimate of drug-likeness (QED) is 0.678. The van der Waals surface area contributed by atoms with Crippen molar-refractivity contribution < 1.29 is 9.53 Å². The Morgan fingerprint density at radius 2 is 2.10 bits per heavy atom. The first-order chi connectivity index (χ1) is 14.1. The van der Waals surface area contributed by atoms with Gasteiger partial charge in [0.15, 0.2) is 11.3 Å². The number of fused-ring (bicyclic) bond motifs is 2. The van der Waals surface area contributed by atoms with Gasteiger partial charge in [-0.3, -0.25) is 15.1 Å². The maximum Gasteiger partial charge on any atom is 0.276 e. The molecule has 1 unspecified atom stereocenters. The summed E-state index contributed by atoms with van der Waals surface area (Å²) in [6.07, 6.45) is 1.68. The Balaban J connectivity index is 1.87. The smallest absolute Gasteiger partial charge is 0.276 e. The van der Waals surface area contributed by atoms with Crippen LogP contribution >= 0.6 is 27.7 Å². The van der Waals surface area contributed by atoms with Gasteiger partial charge >= 0.3 is 0 Å². The van der Waals surface area contributed by atoms with Crippen LogP contribution in [-0.2, 0) is 4.79 Å². The van der Waals surface area contributed by atoms with Crippen molar-refractivity contribution in [3.05, 3.63) is 63.1 Å². The first-order valence-corrected chi connectivity index (χ1v) is 11.2. The molecule has 0 aliphatic carbocycles. The lowest BCUT2D eigenvalue weighted by Crippen LogP contribution is -2.50. The number of methoxy groups -OCH3 is 1. The molecule has 0 saturated carbocycles. The third-order valence-corrected chi connectivity index (χ3v) is 6.41. The van der Waals surface area contributed by atoms with Gasteiger partial charge in [-0.1, -0.05) is 59.2 Å². The third kappa shape index (κ3) is 3.91. The Kier molecular flexibility index (Phi) is 5.91. The first-order valence-electron chi connectivity index (χ1n) is 9.45. The molecule has 0 fully saturated rings. The molecule has 8 heteroatoms. The number of nitrogens with zero attached hydrogens (tertiary/aromatic N) is 3. The zero-order valence-corrected chi connectivity index (χ0v) is 18.6. The molecular weight excluding hydrogens is 452 g/mol. The summed E-state index contributed by atoms with van der Waals surface area (Å²) in [5.41, 5.74) is 1.39. The molecule has 150 valence electrons. The van der Waals surface area contributed by atoms with E-state index >= 15 is 0 Å². The molecule has 6 nitrogen and oxygen atoms in total. The number of carbonyl (C=O) groups excluding carboxylic acids is 1. The predicted molar refractivity (Wildman–Crippen MR) is 119 cm³/mol. The van der Waals surface area contributed by atoms with Crippen LogP contribution < -0.4 is 20.6 Å². The van der Waals surface area contributed by atoms with Crippen molar-refractivity contribution in [2.24, 2.45) is 10.1 Å². The number of para-hydroxylation sites is 1. The molecule has 2 heterocycles. The minimum Gasteiger partial charge on any atom is -0.497 e. The number of amidine groups is 1. The lowest BCUT2D eigenvalue weighted by molar-refractivity contribution is -0.116. The summed E-state index contributed by atoms with van der Waals surface area (Å²) in [4.78, 5) is 18.0. The van der Waals surface area contributed by atoms with E-state index in [1.54, 1.807) is 23.9 Å². The van der Waals surface area contributed by atoms with Crippen LogP contribution in [0, 0.1) is 0 Å². The molecule has 2 aliphatic rings. The Labute approximate surface area is 181 Å². The van der Waals surface area contributed by atoms with E-state index in [2.05, 4.69) is 28.2 Å². The van der Waals surface area contributed by atoms with Crippen molar-refractivity contribution in [2.75, 3.05) is 12.9 Å². The fourth-order valence-corrected chi connectivity index (χ4v) is 4.64. The van der Waals surface area contributed by atoms with Crippen molar-refractivity contribution in [3.8, 4) is 5.75 Å². The number of hydrazone groups is 1. The molecule has 2 aromatic rings. The average Bonchev–Trinajstić information content (AvgIpc) is 2.73. The Hall–Kier alpha value is -2.32. The van der Waals surface area contributed by atoms with Crippen molar-refractivity contribution in [1.82, 2.24) is 10.3 Å². The molecule has 2 aromatic carbocycles. The van der Waals surface area contributed by atoms with Crippen molar-refractivity contribution in [3.63, 3.8) is 0 Å². The Bertz CT molecular complexity index is 1100. The summed E-state index contributed by atoms with van der Waals surface area (Å²) in [7, 11) is 1.63. The van der Waals surface area contributed by atoms with Crippen LogP contribution in [0.1, 0.15) is 31.5 Å². The molecule has 0 spiro atoms. The van der Waals surface area contributed by atoms with E-state index in [0.717, 1.165) is 45.0 Å². The average molecular weight is 473 g/mol. The molecule has 1 amide bonds. The highest BCUT2D eigenvalue weighted by atomic mass is 79.9. The number of unbranched alkanes of at least 4 members (excludes halogenated alkanes) is 1. The molecule has 0 bridgehead atoms. The fourth-order valence-electron chi connectivity index (χ4n) is 3.25. The molecule has 1 N–H and O–H groups in total. The summed E-state index contributed by atoms with van der Waals surface area (Å²) in [6.45, 7) is 2.14. The summed E-state index contributed by atoms with van der Waals surface area (Å²) < 4.78 is 6.29. The normalized spacial score (nSPS) is 17.7. The molecule has 0 aromatic heterocycles. The minimum absolute atomic E-state index is 0.162. The number of amides is 1. The van der Waals surface area contributed by atoms with Crippen LogP contribution in [0.2, 0.25) is 0 Å². The standard InChI is InChI=1S/C21H21BrN4O2S/c1-3-4-11-29-21-24-20(27)18-14-7-5-6-8-17(14)23-19(26(18)25-21)15-12-13(28-2)9-10-16(15)22/h5-10,12,19H,3-4,11H2,1-2H3,(H,24,25,27). The topological polar surface area (TPSA) is 66.3 Å². The van der Waals surface area contributed by atoms with E-state index in [1.807, 2.05) is 42.5 Å². The lowest BCUT2D eigenvalue weighted by Gasteiger charge is -2.34. The zero-order valence-electron chi connectivity index (χ0n) is 16.2. The number of carbonyl (C=O) groups is 1. The summed E-state index contributed by atoms with van der Waals surface area (Å²) in [5.74, 6) is 1.47. The third-order valence-electron chi connectivity index (χ3n) is 4.73. The van der Waals surface area contributed by atoms with Crippen LogP contribution in [0.25, 0.3) is 5.70 Å². The second kappa shape index (κ2) is 8.59. The fraction of sp³-hybridized carbons (Fsp3) is 0.286. The molecular formula is C21H21BrN4O2S. The summed E-state index contributed by atoms with van der Waals surface area (Å²) >= 11 is 5.18. The summed E-state index contributed by atoms with van der Waals surface area (Å²) in [6, 6.07) is 13.4.